The molecular formula is C10H8O3. The highest BCUT2D eigenvalue weighted by Gasteiger charge is 2.43. The number of carbonyl (C=O) groups is 1. The summed E-state index contributed by atoms with van der Waals surface area (Å²) in [4.78, 5) is 10.8. The van der Waals surface area contributed by atoms with E-state index in [2.05, 4.69) is 0 Å². The van der Waals surface area contributed by atoms with Gasteiger partial charge in [0, 0.05) is 6.42 Å². The van der Waals surface area contributed by atoms with Crippen LogP contribution in [0, 0.1) is 0 Å². The Labute approximate surface area is 75.3 Å². The van der Waals surface area contributed by atoms with E-state index in [1.807, 2.05) is 24.3 Å². The third-order valence-electron chi connectivity index (χ3n) is 2.59. The smallest absolute Gasteiger partial charge is 0.426 e. The van der Waals surface area contributed by atoms with Gasteiger partial charge in [-0.2, -0.15) is 0 Å². The van der Waals surface area contributed by atoms with Crippen LogP contribution < -0.4 is 0 Å². The van der Waals surface area contributed by atoms with Crippen molar-refractivity contribution in [3.05, 3.63) is 35.4 Å². The monoisotopic (exact) mass is 176 g/mol. The molecule has 1 aliphatic carbocycles. The Morgan fingerprint density at radius 2 is 2.08 bits per heavy atom. The zero-order valence-corrected chi connectivity index (χ0v) is 6.90. The molecule has 3 heteroatoms. The number of carbonyl (C=O) groups excluding carboxylic acids is 1. The van der Waals surface area contributed by atoms with Crippen molar-refractivity contribution in [3.8, 4) is 0 Å². The van der Waals surface area contributed by atoms with Gasteiger partial charge in [-0.15, -0.1) is 0 Å². The molecule has 0 N–H and O–H groups in total. The molecule has 2 aliphatic rings. The third kappa shape index (κ3) is 0.869. The Morgan fingerprint density at radius 1 is 1.23 bits per heavy atom. The van der Waals surface area contributed by atoms with E-state index in [1.54, 1.807) is 0 Å². The minimum Gasteiger partial charge on any atom is -0.426 e. The van der Waals surface area contributed by atoms with Crippen molar-refractivity contribution in [2.24, 2.45) is 0 Å². The molecule has 1 aromatic carbocycles. The molecule has 0 aromatic heterocycles. The Balaban J connectivity index is 2.06. The Morgan fingerprint density at radius 3 is 3.00 bits per heavy atom. The fraction of sp³-hybridized carbons (Fsp3) is 0.300. The Bertz CT molecular complexity index is 372. The molecule has 1 fully saturated rings. The van der Waals surface area contributed by atoms with Gasteiger partial charge in [0.25, 0.3) is 0 Å². The molecule has 0 amide bonds. The van der Waals surface area contributed by atoms with Crippen LogP contribution in [0.15, 0.2) is 24.3 Å². The Hall–Kier alpha value is -1.51. The zero-order chi connectivity index (χ0) is 8.84. The lowest BCUT2D eigenvalue weighted by Crippen LogP contribution is -2.08. The highest BCUT2D eigenvalue weighted by atomic mass is 16.8. The largest absolute Gasteiger partial charge is 0.509 e. The van der Waals surface area contributed by atoms with E-state index in [0.29, 0.717) is 0 Å². The molecular weight excluding hydrogens is 168 g/mol. The summed E-state index contributed by atoms with van der Waals surface area (Å²) in [5.74, 6) is 0. The van der Waals surface area contributed by atoms with Gasteiger partial charge in [-0.05, 0) is 11.1 Å². The molecule has 2 atom stereocenters. The molecule has 3 rings (SSSR count). The molecule has 3 nitrogen and oxygen atoms in total. The van der Waals surface area contributed by atoms with E-state index >= 15 is 0 Å². The lowest BCUT2D eigenvalue weighted by Gasteiger charge is -2.04. The first-order valence-corrected chi connectivity index (χ1v) is 4.29. The van der Waals surface area contributed by atoms with Crippen LogP contribution in [0.4, 0.5) is 4.79 Å². The zero-order valence-electron chi connectivity index (χ0n) is 6.90. The number of benzene rings is 1. The lowest BCUT2D eigenvalue weighted by molar-refractivity contribution is 0.114. The molecule has 1 saturated heterocycles. The maximum absolute atomic E-state index is 10.8. The van der Waals surface area contributed by atoms with Crippen molar-refractivity contribution < 1.29 is 14.3 Å². The average Bonchev–Trinajstić information content (AvgIpc) is 2.60. The second-order valence-electron chi connectivity index (χ2n) is 3.35. The summed E-state index contributed by atoms with van der Waals surface area (Å²) in [6.45, 7) is 0. The third-order valence-corrected chi connectivity index (χ3v) is 2.59. The normalized spacial score (nSPS) is 29.1. The average molecular weight is 176 g/mol. The number of ether oxygens (including phenoxy) is 2. The van der Waals surface area contributed by atoms with Crippen LogP contribution in [0.2, 0.25) is 0 Å². The van der Waals surface area contributed by atoms with Gasteiger partial charge in [0.15, 0.2) is 12.2 Å². The minimum atomic E-state index is -0.537. The first kappa shape index (κ1) is 6.95. The molecule has 1 heterocycles. The predicted molar refractivity (Wildman–Crippen MR) is 44.2 cm³/mol. The Kier molecular flexibility index (Phi) is 1.20. The van der Waals surface area contributed by atoms with Crippen LogP contribution in [0.25, 0.3) is 0 Å². The summed E-state index contributed by atoms with van der Waals surface area (Å²) in [5, 5.41) is 0. The summed E-state index contributed by atoms with van der Waals surface area (Å²) >= 11 is 0. The van der Waals surface area contributed by atoms with Crippen LogP contribution >= 0.6 is 0 Å². The quantitative estimate of drug-likeness (QED) is 0.565. The molecule has 0 saturated carbocycles. The molecule has 0 bridgehead atoms. The van der Waals surface area contributed by atoms with Gasteiger partial charge in [-0.25, -0.2) is 4.79 Å². The second-order valence-corrected chi connectivity index (χ2v) is 3.35. The van der Waals surface area contributed by atoms with Crippen molar-refractivity contribution in [2.75, 3.05) is 0 Å². The predicted octanol–water partition coefficient (Wildman–Crippen LogP) is 1.82. The summed E-state index contributed by atoms with van der Waals surface area (Å²) in [6, 6.07) is 7.97. The van der Waals surface area contributed by atoms with Crippen LogP contribution in [-0.2, 0) is 15.9 Å². The number of rotatable bonds is 0. The van der Waals surface area contributed by atoms with Gasteiger partial charge < -0.3 is 9.47 Å². The molecule has 1 aliphatic heterocycles. The molecule has 13 heavy (non-hydrogen) atoms. The van der Waals surface area contributed by atoms with Crippen LogP contribution in [0.1, 0.15) is 17.2 Å². The van der Waals surface area contributed by atoms with Crippen LogP contribution in [0.5, 0.6) is 0 Å². The van der Waals surface area contributed by atoms with E-state index < -0.39 is 6.16 Å². The highest BCUT2D eigenvalue weighted by Crippen LogP contribution is 2.40. The van der Waals surface area contributed by atoms with Gasteiger partial charge >= 0.3 is 6.16 Å². The first-order valence-electron chi connectivity index (χ1n) is 4.29. The van der Waals surface area contributed by atoms with Gasteiger partial charge in [-0.1, -0.05) is 24.3 Å². The summed E-state index contributed by atoms with van der Waals surface area (Å²) in [6.07, 6.45) is -0.00912. The highest BCUT2D eigenvalue weighted by molar-refractivity contribution is 5.64. The standard InChI is InChI=1S/C10H8O3/c11-10-12-8-5-6-3-1-2-4-7(6)9(8)13-10/h1-4,8-9H,5H2. The maximum atomic E-state index is 10.8. The molecule has 2 unspecified atom stereocenters. The van der Waals surface area contributed by atoms with Crippen molar-refractivity contribution >= 4 is 6.16 Å². The summed E-state index contributed by atoms with van der Waals surface area (Å²) in [7, 11) is 0. The number of fused-ring (bicyclic) bond motifs is 3. The van der Waals surface area contributed by atoms with Crippen molar-refractivity contribution in [3.63, 3.8) is 0 Å². The molecule has 1 aromatic rings. The summed E-state index contributed by atoms with van der Waals surface area (Å²) < 4.78 is 10.1. The maximum Gasteiger partial charge on any atom is 0.509 e. The van der Waals surface area contributed by atoms with E-state index in [9.17, 15) is 4.79 Å². The molecule has 66 valence electrons. The van der Waals surface area contributed by atoms with E-state index in [1.165, 1.54) is 5.56 Å². The van der Waals surface area contributed by atoms with E-state index in [0.717, 1.165) is 12.0 Å². The topological polar surface area (TPSA) is 35.5 Å². The van der Waals surface area contributed by atoms with Gasteiger partial charge in [0.05, 0.1) is 0 Å². The fourth-order valence-corrected chi connectivity index (χ4v) is 2.02. The lowest BCUT2D eigenvalue weighted by atomic mass is 10.1. The van der Waals surface area contributed by atoms with Crippen molar-refractivity contribution in [1.82, 2.24) is 0 Å². The minimum absolute atomic E-state index is 0.0927. The van der Waals surface area contributed by atoms with Crippen molar-refractivity contribution in [1.29, 1.82) is 0 Å². The van der Waals surface area contributed by atoms with Gasteiger partial charge in [0.1, 0.15) is 0 Å². The molecule has 0 spiro atoms. The van der Waals surface area contributed by atoms with Crippen LogP contribution in [-0.4, -0.2) is 12.3 Å². The van der Waals surface area contributed by atoms with E-state index in [4.69, 9.17) is 9.47 Å². The first-order chi connectivity index (χ1) is 6.34. The van der Waals surface area contributed by atoms with Gasteiger partial charge in [-0.3, -0.25) is 0 Å². The molecule has 0 radical (unpaired) electrons. The number of hydrogen-bond acceptors (Lipinski definition) is 3. The SMILES string of the molecule is O=C1OC2Cc3ccccc3C2O1. The fourth-order valence-electron chi connectivity index (χ4n) is 2.02. The van der Waals surface area contributed by atoms with E-state index in [-0.39, 0.29) is 12.2 Å². The van der Waals surface area contributed by atoms with Gasteiger partial charge in [0.2, 0.25) is 0 Å². The van der Waals surface area contributed by atoms with Crippen molar-refractivity contribution in [2.45, 2.75) is 18.6 Å². The number of hydrogen-bond donors (Lipinski definition) is 0. The summed E-state index contributed by atoms with van der Waals surface area (Å²) in [5.41, 5.74) is 2.32. The second kappa shape index (κ2) is 2.25. The van der Waals surface area contributed by atoms with Crippen LogP contribution in [0.3, 0.4) is 0 Å².